The summed E-state index contributed by atoms with van der Waals surface area (Å²) >= 11 is 1.23. The van der Waals surface area contributed by atoms with Gasteiger partial charge in [-0.1, -0.05) is 50.3 Å². The fourth-order valence-electron chi connectivity index (χ4n) is 2.59. The molecule has 0 saturated heterocycles. The summed E-state index contributed by atoms with van der Waals surface area (Å²) in [6.45, 7) is 0. The number of carboxylic acids is 1. The molecule has 0 bridgehead atoms. The van der Waals surface area contributed by atoms with E-state index in [1.165, 1.54) is 50.3 Å². The predicted octanol–water partition coefficient (Wildman–Crippen LogP) is 2.50. The second-order valence-electron chi connectivity index (χ2n) is 5.18. The number of carboxylic acid groups (broad SMARTS) is 1. The third-order valence-electron chi connectivity index (χ3n) is 3.54. The molecule has 1 saturated carbocycles. The van der Waals surface area contributed by atoms with E-state index in [0.717, 1.165) is 12.2 Å². The average molecular weight is 283 g/mol. The van der Waals surface area contributed by atoms with Gasteiger partial charge in [0.1, 0.15) is 0 Å². The third-order valence-corrected chi connectivity index (χ3v) is 4.54. The highest BCUT2D eigenvalue weighted by Gasteiger charge is 2.17. The molecule has 1 fully saturated rings. The topological polar surface area (TPSA) is 68.0 Å². The monoisotopic (exact) mass is 283 g/mol. The number of hydrogen-bond donors (Lipinski definition) is 1. The van der Waals surface area contributed by atoms with Crippen LogP contribution in [0, 0.1) is 5.92 Å². The van der Waals surface area contributed by atoms with E-state index in [2.05, 4.69) is 10.1 Å². The van der Waals surface area contributed by atoms with E-state index in [1.807, 2.05) is 7.05 Å². The van der Waals surface area contributed by atoms with Crippen LogP contribution in [0.4, 0.5) is 0 Å². The van der Waals surface area contributed by atoms with Crippen LogP contribution in [-0.4, -0.2) is 31.6 Å². The molecule has 1 aliphatic rings. The van der Waals surface area contributed by atoms with Gasteiger partial charge in [-0.25, -0.2) is 9.67 Å². The van der Waals surface area contributed by atoms with Crippen molar-refractivity contribution < 1.29 is 9.90 Å². The van der Waals surface area contributed by atoms with E-state index in [0.29, 0.717) is 11.1 Å². The highest BCUT2D eigenvalue weighted by Crippen LogP contribution is 2.25. The molecule has 106 valence electrons. The van der Waals surface area contributed by atoms with Crippen molar-refractivity contribution in [2.24, 2.45) is 13.0 Å². The number of aliphatic carboxylic acids is 1. The fraction of sp³-hybridized carbons (Fsp3) is 0.769. The number of thioether (sulfide) groups is 1. The Morgan fingerprint density at radius 2 is 2.05 bits per heavy atom. The number of nitrogens with zero attached hydrogens (tertiary/aromatic N) is 3. The molecule has 0 unspecified atom stereocenters. The summed E-state index contributed by atoms with van der Waals surface area (Å²) < 4.78 is 1.69. The summed E-state index contributed by atoms with van der Waals surface area (Å²) in [5.41, 5.74) is 0. The first-order chi connectivity index (χ1) is 9.15. The Morgan fingerprint density at radius 1 is 1.37 bits per heavy atom. The predicted molar refractivity (Wildman–Crippen MR) is 74.3 cm³/mol. The van der Waals surface area contributed by atoms with E-state index >= 15 is 0 Å². The molecular formula is C13H21N3O2S. The summed E-state index contributed by atoms with van der Waals surface area (Å²) in [5, 5.41) is 13.8. The van der Waals surface area contributed by atoms with Crippen LogP contribution in [0.5, 0.6) is 0 Å². The molecule has 0 aromatic carbocycles. The molecule has 0 radical (unpaired) electrons. The van der Waals surface area contributed by atoms with Crippen molar-refractivity contribution in [1.82, 2.24) is 14.8 Å². The molecule has 0 spiro atoms. The number of rotatable bonds is 5. The van der Waals surface area contributed by atoms with Gasteiger partial charge in [0.15, 0.2) is 11.0 Å². The molecule has 1 N–H and O–H groups in total. The Hall–Kier alpha value is -1.04. The Labute approximate surface area is 117 Å². The van der Waals surface area contributed by atoms with E-state index in [-0.39, 0.29) is 5.75 Å². The van der Waals surface area contributed by atoms with Gasteiger partial charge < -0.3 is 5.11 Å². The van der Waals surface area contributed by atoms with Gasteiger partial charge in [-0.15, -0.1) is 0 Å². The Bertz CT molecular complexity index is 426. The van der Waals surface area contributed by atoms with Gasteiger partial charge in [0.25, 0.3) is 0 Å². The zero-order valence-electron chi connectivity index (χ0n) is 11.3. The van der Waals surface area contributed by atoms with Crippen LogP contribution in [0.2, 0.25) is 0 Å². The van der Waals surface area contributed by atoms with Crippen LogP contribution in [-0.2, 0) is 18.3 Å². The lowest BCUT2D eigenvalue weighted by Gasteiger charge is -2.10. The van der Waals surface area contributed by atoms with E-state index in [4.69, 9.17) is 5.11 Å². The molecule has 19 heavy (non-hydrogen) atoms. The van der Waals surface area contributed by atoms with Crippen molar-refractivity contribution in [2.45, 2.75) is 50.1 Å². The van der Waals surface area contributed by atoms with Gasteiger partial charge in [-0.05, 0) is 5.92 Å². The lowest BCUT2D eigenvalue weighted by atomic mass is 9.96. The summed E-state index contributed by atoms with van der Waals surface area (Å²) in [5.74, 6) is 0.776. The van der Waals surface area contributed by atoms with Gasteiger partial charge in [0, 0.05) is 13.5 Å². The third kappa shape index (κ3) is 4.53. The van der Waals surface area contributed by atoms with Crippen molar-refractivity contribution >= 4 is 17.7 Å². The van der Waals surface area contributed by atoms with E-state index in [1.54, 1.807) is 4.68 Å². The molecule has 2 rings (SSSR count). The molecule has 5 nitrogen and oxygen atoms in total. The van der Waals surface area contributed by atoms with Gasteiger partial charge in [-0.3, -0.25) is 4.79 Å². The SMILES string of the molecule is Cn1nc(CC2CCCCCC2)nc1SCC(=O)O. The Balaban J connectivity index is 1.92. The minimum Gasteiger partial charge on any atom is -0.481 e. The molecule has 0 atom stereocenters. The molecule has 0 amide bonds. The minimum absolute atomic E-state index is 0.0371. The van der Waals surface area contributed by atoms with Crippen LogP contribution in [0.3, 0.4) is 0 Å². The van der Waals surface area contributed by atoms with Crippen LogP contribution in [0.1, 0.15) is 44.3 Å². The van der Waals surface area contributed by atoms with Crippen LogP contribution >= 0.6 is 11.8 Å². The van der Waals surface area contributed by atoms with Crippen LogP contribution < -0.4 is 0 Å². The standard InChI is InChI=1S/C13H21N3O2S/c1-16-13(19-9-12(17)18)14-11(15-16)8-10-6-4-2-3-5-7-10/h10H,2-9H2,1H3,(H,17,18). The van der Waals surface area contributed by atoms with Crippen LogP contribution in [0.25, 0.3) is 0 Å². The maximum absolute atomic E-state index is 10.6. The first-order valence-electron chi connectivity index (χ1n) is 6.89. The van der Waals surface area contributed by atoms with Crippen molar-refractivity contribution in [3.63, 3.8) is 0 Å². The quantitative estimate of drug-likeness (QED) is 0.664. The Kier molecular flexibility index (Phi) is 5.24. The maximum Gasteiger partial charge on any atom is 0.313 e. The van der Waals surface area contributed by atoms with Crippen LogP contribution in [0.15, 0.2) is 5.16 Å². The van der Waals surface area contributed by atoms with Gasteiger partial charge in [0.05, 0.1) is 5.75 Å². The van der Waals surface area contributed by atoms with Gasteiger partial charge in [-0.2, -0.15) is 5.10 Å². The van der Waals surface area contributed by atoms with Gasteiger partial charge in [0.2, 0.25) is 0 Å². The van der Waals surface area contributed by atoms with Crippen molar-refractivity contribution in [2.75, 3.05) is 5.75 Å². The highest BCUT2D eigenvalue weighted by molar-refractivity contribution is 7.99. The summed E-state index contributed by atoms with van der Waals surface area (Å²) in [7, 11) is 1.83. The average Bonchev–Trinajstić information content (AvgIpc) is 2.56. The number of carbonyl (C=O) groups is 1. The van der Waals surface area contributed by atoms with E-state index in [9.17, 15) is 4.79 Å². The lowest BCUT2D eigenvalue weighted by Crippen LogP contribution is -2.05. The molecule has 6 heteroatoms. The normalized spacial score (nSPS) is 17.3. The first-order valence-corrected chi connectivity index (χ1v) is 7.88. The summed E-state index contributed by atoms with van der Waals surface area (Å²) in [4.78, 5) is 15.0. The van der Waals surface area contributed by atoms with Crippen molar-refractivity contribution in [3.8, 4) is 0 Å². The molecule has 1 heterocycles. The first kappa shape index (κ1) is 14.4. The van der Waals surface area contributed by atoms with E-state index < -0.39 is 5.97 Å². The summed E-state index contributed by atoms with van der Waals surface area (Å²) in [6.07, 6.45) is 8.82. The Morgan fingerprint density at radius 3 is 2.68 bits per heavy atom. The molecule has 0 aliphatic heterocycles. The fourth-order valence-corrected chi connectivity index (χ4v) is 3.24. The molecule has 1 aliphatic carbocycles. The second kappa shape index (κ2) is 6.93. The number of aromatic nitrogens is 3. The second-order valence-corrected chi connectivity index (χ2v) is 6.12. The van der Waals surface area contributed by atoms with Crippen molar-refractivity contribution in [3.05, 3.63) is 5.82 Å². The maximum atomic E-state index is 10.6. The number of hydrogen-bond acceptors (Lipinski definition) is 4. The lowest BCUT2D eigenvalue weighted by molar-refractivity contribution is -0.133. The zero-order chi connectivity index (χ0) is 13.7. The molecule has 1 aromatic heterocycles. The largest absolute Gasteiger partial charge is 0.481 e. The molecule has 1 aromatic rings. The van der Waals surface area contributed by atoms with Gasteiger partial charge >= 0.3 is 5.97 Å². The smallest absolute Gasteiger partial charge is 0.313 e. The minimum atomic E-state index is -0.821. The zero-order valence-corrected chi connectivity index (χ0v) is 12.2. The highest BCUT2D eigenvalue weighted by atomic mass is 32.2. The molecular weight excluding hydrogens is 262 g/mol. The summed E-state index contributed by atoms with van der Waals surface area (Å²) in [6, 6.07) is 0. The van der Waals surface area contributed by atoms with Crippen molar-refractivity contribution in [1.29, 1.82) is 0 Å². The number of aryl methyl sites for hydroxylation is 1.